The number of rotatable bonds is 2. The van der Waals surface area contributed by atoms with E-state index in [0.717, 1.165) is 11.1 Å². The van der Waals surface area contributed by atoms with Crippen molar-refractivity contribution in [1.29, 1.82) is 0 Å². The van der Waals surface area contributed by atoms with E-state index in [1.807, 2.05) is 6.07 Å². The second-order valence-electron chi connectivity index (χ2n) is 4.75. The summed E-state index contributed by atoms with van der Waals surface area (Å²) in [4.78, 5) is 15.7. The Morgan fingerprint density at radius 2 is 1.75 bits per heavy atom. The van der Waals surface area contributed by atoms with Crippen molar-refractivity contribution in [2.24, 2.45) is 4.99 Å². The van der Waals surface area contributed by atoms with Gasteiger partial charge in [-0.3, -0.25) is 4.79 Å². The van der Waals surface area contributed by atoms with Crippen molar-refractivity contribution in [2.75, 3.05) is 0 Å². The Kier molecular flexibility index (Phi) is 2.95. The number of amides is 1. The first kappa shape index (κ1) is 12.7. The first-order chi connectivity index (χ1) is 9.56. The summed E-state index contributed by atoms with van der Waals surface area (Å²) < 4.78 is 12.9. The number of benzene rings is 2. The molecule has 2 aromatic rings. The molecule has 100 valence electrons. The maximum atomic E-state index is 12.9. The molecular formula is C16H12FNO2. The molecule has 1 atom stereocenters. The van der Waals surface area contributed by atoms with Gasteiger partial charge in [-0.15, -0.1) is 0 Å². The first-order valence-electron chi connectivity index (χ1n) is 6.27. The van der Waals surface area contributed by atoms with Gasteiger partial charge in [0.1, 0.15) is 5.82 Å². The zero-order chi connectivity index (χ0) is 14.3. The second kappa shape index (κ2) is 4.65. The fourth-order valence-corrected chi connectivity index (χ4v) is 2.36. The van der Waals surface area contributed by atoms with Gasteiger partial charge in [-0.25, -0.2) is 9.38 Å². The van der Waals surface area contributed by atoms with Crippen molar-refractivity contribution in [3.8, 4) is 11.1 Å². The SMILES string of the molecule is CC(O)C1=c2cc(-c3ccc(F)cc3)ccc2=NC1=O. The number of fused-ring (bicyclic) bond motifs is 1. The molecule has 0 saturated carbocycles. The van der Waals surface area contributed by atoms with Gasteiger partial charge in [0.15, 0.2) is 0 Å². The minimum absolute atomic E-state index is 0.295. The van der Waals surface area contributed by atoms with Gasteiger partial charge in [0.25, 0.3) is 5.91 Å². The molecule has 3 nitrogen and oxygen atoms in total. The summed E-state index contributed by atoms with van der Waals surface area (Å²) in [6.45, 7) is 1.54. The van der Waals surface area contributed by atoms with Crippen LogP contribution in [0.15, 0.2) is 47.5 Å². The summed E-state index contributed by atoms with van der Waals surface area (Å²) in [6, 6.07) is 11.5. The standard InChI is InChI=1S/C16H12FNO2/c1-9(19)15-13-8-11(4-7-14(13)18-16(15)20)10-2-5-12(17)6-3-10/h2-9,19H,1H3. The molecule has 0 aromatic heterocycles. The molecule has 1 heterocycles. The zero-order valence-electron chi connectivity index (χ0n) is 10.8. The maximum Gasteiger partial charge on any atom is 0.276 e. The van der Waals surface area contributed by atoms with Gasteiger partial charge in [0, 0.05) is 5.22 Å². The van der Waals surface area contributed by atoms with Crippen LogP contribution in [0.1, 0.15) is 6.92 Å². The van der Waals surface area contributed by atoms with E-state index in [9.17, 15) is 14.3 Å². The molecule has 0 bridgehead atoms. The van der Waals surface area contributed by atoms with E-state index >= 15 is 0 Å². The Labute approximate surface area is 114 Å². The van der Waals surface area contributed by atoms with Crippen LogP contribution >= 0.6 is 0 Å². The molecular weight excluding hydrogens is 257 g/mol. The van der Waals surface area contributed by atoms with Crippen LogP contribution in [-0.2, 0) is 4.79 Å². The van der Waals surface area contributed by atoms with E-state index < -0.39 is 12.0 Å². The lowest BCUT2D eigenvalue weighted by Crippen LogP contribution is -2.26. The van der Waals surface area contributed by atoms with Crippen LogP contribution in [0, 0.1) is 5.82 Å². The van der Waals surface area contributed by atoms with E-state index in [1.54, 1.807) is 31.2 Å². The summed E-state index contributed by atoms with van der Waals surface area (Å²) in [7, 11) is 0. The lowest BCUT2D eigenvalue weighted by atomic mass is 10.0. The molecule has 2 aromatic carbocycles. The van der Waals surface area contributed by atoms with Crippen molar-refractivity contribution in [1.82, 2.24) is 0 Å². The highest BCUT2D eigenvalue weighted by Gasteiger charge is 2.20. The van der Waals surface area contributed by atoms with Gasteiger partial charge in [0.05, 0.1) is 17.0 Å². The number of hydrogen-bond acceptors (Lipinski definition) is 2. The lowest BCUT2D eigenvalue weighted by Gasteiger charge is -2.04. The number of carbonyl (C=O) groups excluding carboxylic acids is 1. The number of hydrogen-bond donors (Lipinski definition) is 1. The van der Waals surface area contributed by atoms with Gasteiger partial charge in [-0.1, -0.05) is 18.2 Å². The van der Waals surface area contributed by atoms with Crippen LogP contribution in [0.4, 0.5) is 4.39 Å². The van der Waals surface area contributed by atoms with Crippen molar-refractivity contribution < 1.29 is 14.3 Å². The molecule has 1 aliphatic rings. The van der Waals surface area contributed by atoms with Gasteiger partial charge in [-0.2, -0.15) is 0 Å². The molecule has 0 spiro atoms. The molecule has 0 fully saturated rings. The third-order valence-corrected chi connectivity index (χ3v) is 3.33. The van der Waals surface area contributed by atoms with Crippen molar-refractivity contribution in [2.45, 2.75) is 13.0 Å². The molecule has 0 radical (unpaired) electrons. The van der Waals surface area contributed by atoms with Crippen LogP contribution in [0.3, 0.4) is 0 Å². The second-order valence-corrected chi connectivity index (χ2v) is 4.75. The zero-order valence-corrected chi connectivity index (χ0v) is 10.8. The average molecular weight is 269 g/mol. The van der Waals surface area contributed by atoms with Crippen LogP contribution in [0.2, 0.25) is 0 Å². The third-order valence-electron chi connectivity index (χ3n) is 3.33. The molecule has 4 heteroatoms. The molecule has 0 saturated heterocycles. The summed E-state index contributed by atoms with van der Waals surface area (Å²) >= 11 is 0. The number of aliphatic hydroxyl groups is 1. The normalized spacial score (nSPS) is 14.9. The third kappa shape index (κ3) is 2.04. The molecule has 1 amide bonds. The van der Waals surface area contributed by atoms with E-state index in [-0.39, 0.29) is 5.82 Å². The monoisotopic (exact) mass is 269 g/mol. The van der Waals surface area contributed by atoms with E-state index in [1.165, 1.54) is 12.1 Å². The number of halogens is 1. The van der Waals surface area contributed by atoms with Crippen molar-refractivity contribution in [3.05, 3.63) is 58.9 Å². The predicted molar refractivity (Wildman–Crippen MR) is 72.7 cm³/mol. The summed E-state index contributed by atoms with van der Waals surface area (Å²) in [6.07, 6.45) is -0.865. The maximum absolute atomic E-state index is 12.9. The Balaban J connectivity index is 2.22. The molecule has 20 heavy (non-hydrogen) atoms. The Morgan fingerprint density at radius 1 is 1.10 bits per heavy atom. The molecule has 3 rings (SSSR count). The molecule has 1 aliphatic heterocycles. The van der Waals surface area contributed by atoms with Crippen molar-refractivity contribution >= 4 is 11.5 Å². The van der Waals surface area contributed by atoms with Gasteiger partial charge < -0.3 is 5.11 Å². The minimum Gasteiger partial charge on any atom is -0.388 e. The fraction of sp³-hybridized carbons (Fsp3) is 0.125. The first-order valence-corrected chi connectivity index (χ1v) is 6.27. The van der Waals surface area contributed by atoms with Gasteiger partial charge >= 0.3 is 0 Å². The fourth-order valence-electron chi connectivity index (χ4n) is 2.36. The largest absolute Gasteiger partial charge is 0.388 e. The lowest BCUT2D eigenvalue weighted by molar-refractivity contribution is -0.113. The Bertz CT molecular complexity index is 807. The number of aliphatic hydroxyl groups excluding tert-OH is 1. The highest BCUT2D eigenvalue weighted by atomic mass is 19.1. The topological polar surface area (TPSA) is 49.7 Å². The van der Waals surface area contributed by atoms with Crippen LogP contribution in [-0.4, -0.2) is 17.1 Å². The quantitative estimate of drug-likeness (QED) is 0.890. The summed E-state index contributed by atoms with van der Waals surface area (Å²) in [5.74, 6) is -0.692. The van der Waals surface area contributed by atoms with Crippen LogP contribution in [0.5, 0.6) is 0 Å². The highest BCUT2D eigenvalue weighted by Crippen LogP contribution is 2.18. The Morgan fingerprint density at radius 3 is 2.40 bits per heavy atom. The van der Waals surface area contributed by atoms with E-state index in [2.05, 4.69) is 4.99 Å². The number of carbonyl (C=O) groups is 1. The summed E-state index contributed by atoms with van der Waals surface area (Å²) in [5, 5.41) is 10.9. The minimum atomic E-state index is -0.865. The van der Waals surface area contributed by atoms with Gasteiger partial charge in [0.2, 0.25) is 0 Å². The van der Waals surface area contributed by atoms with Crippen LogP contribution in [0.25, 0.3) is 16.7 Å². The summed E-state index contributed by atoms with van der Waals surface area (Å²) in [5.41, 5.74) is 2.01. The Hall–Kier alpha value is -2.33. The van der Waals surface area contributed by atoms with Gasteiger partial charge in [-0.05, 0) is 42.3 Å². The predicted octanol–water partition coefficient (Wildman–Crippen LogP) is 1.18. The molecule has 1 unspecified atom stereocenters. The smallest absolute Gasteiger partial charge is 0.276 e. The van der Waals surface area contributed by atoms with E-state index in [0.29, 0.717) is 16.1 Å². The number of nitrogens with zero attached hydrogens (tertiary/aromatic N) is 1. The average Bonchev–Trinajstić information content (AvgIpc) is 2.74. The highest BCUT2D eigenvalue weighted by molar-refractivity contribution is 6.16. The molecule has 0 aliphatic carbocycles. The van der Waals surface area contributed by atoms with Crippen LogP contribution < -0.4 is 10.6 Å². The van der Waals surface area contributed by atoms with Crippen molar-refractivity contribution in [3.63, 3.8) is 0 Å². The van der Waals surface area contributed by atoms with E-state index in [4.69, 9.17) is 0 Å². The molecule has 1 N–H and O–H groups in total.